The predicted molar refractivity (Wildman–Crippen MR) is 259 cm³/mol. The van der Waals surface area contributed by atoms with Gasteiger partial charge in [-0.15, -0.1) is 0 Å². The Labute approximate surface area is 444 Å². The van der Waals surface area contributed by atoms with Gasteiger partial charge in [0.15, 0.2) is 47.9 Å². The number of hydrogen-bond donors (Lipinski definition) is 0. The van der Waals surface area contributed by atoms with Crippen molar-refractivity contribution in [3.05, 3.63) is 82.4 Å². The highest BCUT2D eigenvalue weighted by atomic mass is 35.5. The third-order valence-corrected chi connectivity index (χ3v) is 9.87. The van der Waals surface area contributed by atoms with Gasteiger partial charge in [-0.3, -0.25) is 28.8 Å². The molecule has 0 bridgehead atoms. The van der Waals surface area contributed by atoms with Gasteiger partial charge < -0.3 is 33.2 Å². The van der Waals surface area contributed by atoms with Crippen LogP contribution in [0.2, 0.25) is 0 Å². The van der Waals surface area contributed by atoms with Crippen molar-refractivity contribution in [1.82, 2.24) is 0 Å². The number of carbonyl (C=O) groups excluding carboxylic acids is 8. The molecule has 5 rings (SSSR count). The van der Waals surface area contributed by atoms with Crippen LogP contribution in [0, 0.1) is 17.8 Å². The molecule has 0 saturated heterocycles. The second kappa shape index (κ2) is 36.0. The third kappa shape index (κ3) is 28.7. The number of hydrogen-bond acceptors (Lipinski definition) is 15. The van der Waals surface area contributed by atoms with Crippen LogP contribution in [0.15, 0.2) is 60.2 Å². The molecule has 2 aromatic rings. The van der Waals surface area contributed by atoms with Gasteiger partial charge in [-0.05, 0) is 74.1 Å². The van der Waals surface area contributed by atoms with Gasteiger partial charge in [0.05, 0.1) is 17.9 Å². The number of benzene rings is 2. The van der Waals surface area contributed by atoms with Crippen LogP contribution in [0.1, 0.15) is 105 Å². The van der Waals surface area contributed by atoms with Crippen LogP contribution in [0.25, 0.3) is 0 Å². The zero-order valence-electron chi connectivity index (χ0n) is 39.0. The van der Waals surface area contributed by atoms with E-state index in [0.717, 1.165) is 30.4 Å². The molecule has 0 aliphatic heterocycles. The van der Waals surface area contributed by atoms with Crippen molar-refractivity contribution < 1.29 is 84.7 Å². The SMILES string of the molecule is CC(C)(C)CC(=O)CC(=O)OCCl.Cc1cccc(C(=O)OCCl)c1.O=C(CC1=CCCC1)OCCl.O=C(OCCl)C(F)(F)F.O=C(OCCl)C1(C(=O)OCCl)CC1.O=C(OCCl)C1Cc2ccccc21. The summed E-state index contributed by atoms with van der Waals surface area (Å²) < 4.78 is 64.1. The van der Waals surface area contributed by atoms with E-state index in [0.29, 0.717) is 31.2 Å². The largest absolute Gasteiger partial charge is 0.490 e. The maximum Gasteiger partial charge on any atom is 0.490 e. The first kappa shape index (κ1) is 67.0. The molecule has 1 fully saturated rings. The van der Waals surface area contributed by atoms with E-state index in [4.69, 9.17) is 74.3 Å². The van der Waals surface area contributed by atoms with Crippen molar-refractivity contribution in [2.45, 2.75) is 97.6 Å². The molecule has 1 saturated carbocycles. The number of ether oxygens (including phenoxy) is 7. The first-order valence-electron chi connectivity index (χ1n) is 20.9. The third-order valence-electron chi connectivity index (χ3n) is 9.10. The summed E-state index contributed by atoms with van der Waals surface area (Å²) in [5.41, 5.74) is 3.87. The zero-order valence-corrected chi connectivity index (χ0v) is 44.3. The number of allylic oxidation sites excluding steroid dienone is 1. The Morgan fingerprint density at radius 1 is 0.662 bits per heavy atom. The van der Waals surface area contributed by atoms with Crippen LogP contribution >= 0.6 is 81.2 Å². The molecule has 25 heteroatoms. The van der Waals surface area contributed by atoms with E-state index >= 15 is 0 Å². The van der Waals surface area contributed by atoms with E-state index in [1.54, 1.807) is 18.2 Å². The number of aryl methyl sites for hydroxylation is 1. The van der Waals surface area contributed by atoms with E-state index < -0.39 is 41.5 Å². The average molecular weight is 1150 g/mol. The number of ketones is 1. The molecule has 71 heavy (non-hydrogen) atoms. The van der Waals surface area contributed by atoms with E-state index in [2.05, 4.69) is 46.1 Å². The average Bonchev–Trinajstić information content (AvgIpc) is 3.94. The Balaban J connectivity index is 0.000000832. The standard InChI is InChI=1S/C10H9ClO2.C9H15ClO3.C9H9ClO2.C8H11ClO2.C7H8Cl2O4.C3H2ClF3O2/c11-6-13-10(12)9-5-7-3-1-2-4-8(7)9;1-9(2,3)5-7(11)4-8(12)13-6-10;1-7-3-2-4-8(5-7)9(11)12-6-10;9-6-11-8(10)5-7-3-1-2-4-7;8-3-12-5(10)7(1-2-7)6(11)13-4-9;4-1-9-2(8)3(5,6)7/h1-4,9H,5-6H2;4-6H2,1-3H3;2-5H,6H2,1H3;3H,1-2,4-6H2;1-4H2;1H2. The summed E-state index contributed by atoms with van der Waals surface area (Å²) in [6, 6.07) is 13.4. The van der Waals surface area contributed by atoms with Crippen molar-refractivity contribution in [3.8, 4) is 0 Å². The minimum absolute atomic E-state index is 0.0356. The van der Waals surface area contributed by atoms with Crippen molar-refractivity contribution >= 4 is 129 Å². The fourth-order valence-corrected chi connectivity index (χ4v) is 6.52. The molecule has 1 unspecified atom stereocenters. The van der Waals surface area contributed by atoms with Gasteiger partial charge in [-0.2, -0.15) is 13.2 Å². The number of Topliss-reactive ketones (excluding diaryl/α,β-unsaturated/α-hetero) is 1. The van der Waals surface area contributed by atoms with Gasteiger partial charge in [0.2, 0.25) is 0 Å². The number of esters is 7. The lowest BCUT2D eigenvalue weighted by Crippen LogP contribution is -2.29. The summed E-state index contributed by atoms with van der Waals surface area (Å²) in [6.45, 7) is 7.74. The zero-order chi connectivity index (χ0) is 54.2. The summed E-state index contributed by atoms with van der Waals surface area (Å²) >= 11 is 36.0. The fourth-order valence-electron chi connectivity index (χ4n) is 5.77. The van der Waals surface area contributed by atoms with Gasteiger partial charge in [0, 0.05) is 6.42 Å². The van der Waals surface area contributed by atoms with Crippen molar-refractivity contribution in [3.63, 3.8) is 0 Å². The summed E-state index contributed by atoms with van der Waals surface area (Å²) in [5.74, 6) is -5.08. The Morgan fingerprint density at radius 3 is 1.63 bits per heavy atom. The van der Waals surface area contributed by atoms with Crippen LogP contribution < -0.4 is 0 Å². The Hall–Kier alpha value is -4.04. The lowest BCUT2D eigenvalue weighted by molar-refractivity contribution is -0.197. The lowest BCUT2D eigenvalue weighted by Gasteiger charge is -2.27. The Morgan fingerprint density at radius 2 is 1.20 bits per heavy atom. The maximum atomic E-state index is 11.3. The smallest absolute Gasteiger partial charge is 0.449 e. The normalized spacial score (nSPS) is 14.2. The summed E-state index contributed by atoms with van der Waals surface area (Å²) in [5, 5.41) is 0. The van der Waals surface area contributed by atoms with Crippen LogP contribution in [-0.4, -0.2) is 96.2 Å². The molecule has 15 nitrogen and oxygen atoms in total. The number of carbonyl (C=O) groups is 8. The minimum Gasteiger partial charge on any atom is -0.449 e. The molecule has 0 radical (unpaired) electrons. The van der Waals surface area contributed by atoms with Crippen LogP contribution in [0.5, 0.6) is 0 Å². The molecular formula is C46H54Cl7F3O15. The molecule has 398 valence electrons. The minimum atomic E-state index is -4.94. The van der Waals surface area contributed by atoms with Gasteiger partial charge in [0.25, 0.3) is 0 Å². The number of alkyl halides is 10. The molecule has 0 N–H and O–H groups in total. The predicted octanol–water partition coefficient (Wildman–Crippen LogP) is 11.3. The Bertz CT molecular complexity index is 2040. The van der Waals surface area contributed by atoms with Gasteiger partial charge in [0.1, 0.15) is 12.2 Å². The molecule has 0 aromatic heterocycles. The molecule has 3 aliphatic rings. The molecule has 1 atom stereocenters. The van der Waals surface area contributed by atoms with Gasteiger partial charge in [-0.25, -0.2) is 9.59 Å². The summed E-state index contributed by atoms with van der Waals surface area (Å²) in [7, 11) is 0. The molecular weight excluding hydrogens is 1100 g/mol. The van der Waals surface area contributed by atoms with Crippen molar-refractivity contribution in [2.24, 2.45) is 10.8 Å². The highest BCUT2D eigenvalue weighted by Crippen LogP contribution is 2.48. The monoisotopic (exact) mass is 1150 g/mol. The maximum absolute atomic E-state index is 11.3. The summed E-state index contributed by atoms with van der Waals surface area (Å²) in [4.78, 5) is 87.3. The van der Waals surface area contributed by atoms with Crippen molar-refractivity contribution in [2.75, 3.05) is 42.5 Å². The number of rotatable bonds is 16. The quantitative estimate of drug-likeness (QED) is 0.0505. The first-order valence-corrected chi connectivity index (χ1v) is 24.6. The van der Waals surface area contributed by atoms with Crippen LogP contribution in [-0.2, 0) is 73.1 Å². The fraction of sp³-hybridized carbons (Fsp3) is 0.522. The second-order valence-electron chi connectivity index (χ2n) is 15.8. The van der Waals surface area contributed by atoms with Gasteiger partial charge in [-0.1, -0.05) is 156 Å². The van der Waals surface area contributed by atoms with E-state index in [1.807, 2.05) is 58.0 Å². The molecule has 0 amide bonds. The summed E-state index contributed by atoms with van der Waals surface area (Å²) in [6.07, 6.45) is 2.78. The highest BCUT2D eigenvalue weighted by Gasteiger charge is 2.59. The molecule has 2 aromatic carbocycles. The van der Waals surface area contributed by atoms with Gasteiger partial charge >= 0.3 is 48.0 Å². The second-order valence-corrected chi connectivity index (χ2v) is 17.3. The Kier molecular flexibility index (Phi) is 33.9. The lowest BCUT2D eigenvalue weighted by atomic mass is 9.78. The number of fused-ring (bicyclic) bond motifs is 1. The van der Waals surface area contributed by atoms with Crippen LogP contribution in [0.4, 0.5) is 13.2 Å². The van der Waals surface area contributed by atoms with Crippen molar-refractivity contribution in [1.29, 1.82) is 0 Å². The van der Waals surface area contributed by atoms with E-state index in [9.17, 15) is 51.5 Å². The number of halogens is 10. The first-order chi connectivity index (χ1) is 33.4. The van der Waals surface area contributed by atoms with Crippen LogP contribution in [0.3, 0.4) is 0 Å². The molecule has 0 spiro atoms. The molecule has 0 heterocycles. The highest BCUT2D eigenvalue weighted by molar-refractivity contribution is 6.19. The van der Waals surface area contributed by atoms with E-state index in [1.165, 1.54) is 17.6 Å². The van der Waals surface area contributed by atoms with E-state index in [-0.39, 0.29) is 77.8 Å². The molecule has 3 aliphatic carbocycles. The topological polar surface area (TPSA) is 201 Å².